The van der Waals surface area contributed by atoms with Gasteiger partial charge in [0.1, 0.15) is 37.4 Å². The van der Waals surface area contributed by atoms with Crippen molar-refractivity contribution < 1.29 is 24.5 Å². The highest BCUT2D eigenvalue weighted by atomic mass is 16.5. The van der Waals surface area contributed by atoms with E-state index in [2.05, 4.69) is 4.85 Å². The average Bonchev–Trinajstić information content (AvgIpc) is 2.87. The number of aliphatic hydroxyl groups is 2. The Morgan fingerprint density at radius 3 is 1.64 bits per heavy atom. The van der Waals surface area contributed by atoms with Crippen LogP contribution in [0.25, 0.3) is 10.9 Å². The van der Waals surface area contributed by atoms with E-state index in [0.717, 1.165) is 11.8 Å². The highest BCUT2D eigenvalue weighted by Crippen LogP contribution is 2.14. The van der Waals surface area contributed by atoms with Crippen LogP contribution in [0.3, 0.4) is 0 Å². The van der Waals surface area contributed by atoms with E-state index in [1.165, 1.54) is 6.08 Å². The molecule has 0 atom stereocenters. The lowest BCUT2D eigenvalue weighted by molar-refractivity contribution is 0.112. The maximum Gasteiger partial charge on any atom is 0.262 e. The number of aldehydes is 1. The number of ether oxygens (including phenoxy) is 2. The summed E-state index contributed by atoms with van der Waals surface area (Å²) in [6, 6.07) is 18.8. The minimum atomic E-state index is -0.0298. The first-order valence-electron chi connectivity index (χ1n) is 9.44. The third-order valence-electron chi connectivity index (χ3n) is 3.31. The van der Waals surface area contributed by atoms with E-state index >= 15 is 0 Å². The van der Waals surface area contributed by atoms with Gasteiger partial charge in [0.2, 0.25) is 0 Å². The second-order valence-electron chi connectivity index (χ2n) is 5.65. The van der Waals surface area contributed by atoms with Gasteiger partial charge in [0.25, 0.3) is 5.70 Å². The van der Waals surface area contributed by atoms with Crippen LogP contribution in [0.2, 0.25) is 0 Å². The third-order valence-corrected chi connectivity index (χ3v) is 3.31. The molecular weight excluding hydrogens is 424 g/mol. The summed E-state index contributed by atoms with van der Waals surface area (Å²) in [5, 5.41) is 40.8. The molecule has 0 saturated carbocycles. The molecule has 2 N–H and O–H groups in total. The quantitative estimate of drug-likeness (QED) is 0.356. The Morgan fingerprint density at radius 1 is 0.879 bits per heavy atom. The fourth-order valence-electron chi connectivity index (χ4n) is 1.91. The average molecular weight is 446 g/mol. The Hall–Kier alpha value is -4.67. The molecule has 0 spiro atoms. The summed E-state index contributed by atoms with van der Waals surface area (Å²) in [7, 11) is 0. The molecule has 9 heteroatoms. The van der Waals surface area contributed by atoms with Crippen LogP contribution in [0.4, 0.5) is 0 Å². The van der Waals surface area contributed by atoms with E-state index in [1.54, 1.807) is 66.7 Å². The third kappa shape index (κ3) is 14.0. The lowest BCUT2D eigenvalue weighted by Gasteiger charge is -2.03. The van der Waals surface area contributed by atoms with Crippen molar-refractivity contribution in [1.82, 2.24) is 0 Å². The maximum absolute atomic E-state index is 10.3. The predicted octanol–water partition coefficient (Wildman–Crippen LogP) is 3.14. The molecule has 0 aromatic heterocycles. The van der Waals surface area contributed by atoms with Crippen LogP contribution in [-0.2, 0) is 0 Å². The van der Waals surface area contributed by atoms with Crippen molar-refractivity contribution in [2.75, 3.05) is 26.4 Å². The van der Waals surface area contributed by atoms with Gasteiger partial charge in [-0.15, -0.1) is 0 Å². The molecule has 0 radical (unpaired) electrons. The van der Waals surface area contributed by atoms with Gasteiger partial charge in [0, 0.05) is 5.56 Å². The maximum atomic E-state index is 10.3. The molecule has 0 bridgehead atoms. The first kappa shape index (κ1) is 28.3. The smallest absolute Gasteiger partial charge is 0.262 e. The number of allylic oxidation sites excluding steroid dienone is 1. The Balaban J connectivity index is 0.000000530. The van der Waals surface area contributed by atoms with Gasteiger partial charge in [-0.25, -0.2) is 10.1 Å². The molecule has 33 heavy (non-hydrogen) atoms. The van der Waals surface area contributed by atoms with Crippen LogP contribution < -0.4 is 9.47 Å². The minimum absolute atomic E-state index is 0. The fourth-order valence-corrected chi connectivity index (χ4v) is 1.91. The summed E-state index contributed by atoms with van der Waals surface area (Å²) in [6.07, 6.45) is 2.28. The summed E-state index contributed by atoms with van der Waals surface area (Å²) in [5.41, 5.74) is 1.43. The molecule has 2 rings (SSSR count). The van der Waals surface area contributed by atoms with Crippen LogP contribution in [0.5, 0.6) is 11.5 Å². The predicted molar refractivity (Wildman–Crippen MR) is 119 cm³/mol. The number of aliphatic hydroxyl groups excluding tert-OH is 2. The number of hydrogen-bond donors (Lipinski definition) is 2. The molecule has 0 aliphatic heterocycles. The van der Waals surface area contributed by atoms with E-state index < -0.39 is 0 Å². The molecule has 0 saturated heterocycles. The second kappa shape index (κ2) is 19.3. The van der Waals surface area contributed by atoms with Crippen molar-refractivity contribution in [3.8, 4) is 29.7 Å². The first-order chi connectivity index (χ1) is 16.1. The number of benzene rings is 2. The highest BCUT2D eigenvalue weighted by molar-refractivity contribution is 5.74. The topological polar surface area (TPSA) is 152 Å². The largest absolute Gasteiger partial charge is 0.491 e. The van der Waals surface area contributed by atoms with Crippen molar-refractivity contribution in [2.24, 2.45) is 0 Å². The van der Waals surface area contributed by atoms with E-state index in [0.29, 0.717) is 17.1 Å². The molecule has 0 heterocycles. The number of nitriles is 3. The fraction of sp³-hybridized carbons (Fsp3) is 0.208. The molecule has 9 nitrogen and oxygen atoms in total. The van der Waals surface area contributed by atoms with E-state index in [1.807, 2.05) is 0 Å². The van der Waals surface area contributed by atoms with E-state index in [-0.39, 0.29) is 38.5 Å². The molecular formula is C24H22N4O5. The SMILES string of the molecule is N#CCC#N.O=Cc1ccc(OCCO)cc1.[C-]#[N+]/C(C#N)=C\c1ccc(OCCO)cc1. The van der Waals surface area contributed by atoms with Gasteiger partial charge in [-0.3, -0.25) is 4.79 Å². The summed E-state index contributed by atoms with van der Waals surface area (Å²) in [4.78, 5) is 13.3. The van der Waals surface area contributed by atoms with Crippen LogP contribution in [0.15, 0.2) is 54.2 Å². The van der Waals surface area contributed by atoms with Crippen LogP contribution in [-0.4, -0.2) is 42.9 Å². The van der Waals surface area contributed by atoms with Gasteiger partial charge in [0.05, 0.1) is 38.0 Å². The zero-order chi connectivity index (χ0) is 24.7. The summed E-state index contributed by atoms with van der Waals surface area (Å²) in [5.74, 6) is 1.31. The standard InChI is InChI=1S/C12H10N2O2.C9H10O3.C3H2N2/c1-14-11(9-13)8-10-2-4-12(5-3-10)16-7-6-15;10-5-6-12-9-3-1-8(7-11)2-4-9;4-2-1-3-5/h2-5,8,15H,6-7H2;1-4,7,10H,5-6H2;1H2/b11-8-;;. The number of rotatable bonds is 8. The molecule has 2 aromatic rings. The first-order valence-corrected chi connectivity index (χ1v) is 9.44. The normalized spacial score (nSPS) is 9.09. The molecule has 0 unspecified atom stereocenters. The zero-order valence-electron chi connectivity index (χ0n) is 17.7. The molecule has 168 valence electrons. The molecule has 0 aliphatic carbocycles. The molecule has 2 aromatic carbocycles. The molecule has 0 amide bonds. The van der Waals surface area contributed by atoms with Crippen molar-refractivity contribution >= 4 is 12.4 Å². The zero-order valence-corrected chi connectivity index (χ0v) is 17.7. The van der Waals surface area contributed by atoms with E-state index in [4.69, 9.17) is 42.0 Å². The Bertz CT molecular complexity index is 993. The second-order valence-corrected chi connectivity index (χ2v) is 5.65. The summed E-state index contributed by atoms with van der Waals surface area (Å²) < 4.78 is 10.3. The van der Waals surface area contributed by atoms with Gasteiger partial charge >= 0.3 is 0 Å². The number of nitrogens with zero attached hydrogens (tertiary/aromatic N) is 4. The van der Waals surface area contributed by atoms with E-state index in [9.17, 15) is 4.79 Å². The van der Waals surface area contributed by atoms with Gasteiger partial charge in [-0.2, -0.15) is 10.5 Å². The number of carbonyl (C=O) groups is 1. The Morgan fingerprint density at radius 2 is 1.33 bits per heavy atom. The summed E-state index contributed by atoms with van der Waals surface area (Å²) >= 11 is 0. The van der Waals surface area contributed by atoms with Gasteiger partial charge in [0.15, 0.2) is 0 Å². The Labute approximate surface area is 192 Å². The lowest BCUT2D eigenvalue weighted by Crippen LogP contribution is -2.01. The van der Waals surface area contributed by atoms with Crippen molar-refractivity contribution in [3.05, 3.63) is 76.8 Å². The van der Waals surface area contributed by atoms with Crippen molar-refractivity contribution in [1.29, 1.82) is 15.8 Å². The number of hydrogen-bond acceptors (Lipinski definition) is 8. The van der Waals surface area contributed by atoms with Crippen LogP contribution in [0.1, 0.15) is 22.3 Å². The van der Waals surface area contributed by atoms with Crippen molar-refractivity contribution in [3.63, 3.8) is 0 Å². The molecule has 0 aliphatic rings. The highest BCUT2D eigenvalue weighted by Gasteiger charge is 1.96. The van der Waals surface area contributed by atoms with Gasteiger partial charge < -0.3 is 19.7 Å². The Kier molecular flexibility index (Phi) is 16.6. The van der Waals surface area contributed by atoms with Gasteiger partial charge in [-0.05, 0) is 48.0 Å². The monoisotopic (exact) mass is 446 g/mol. The van der Waals surface area contributed by atoms with Crippen LogP contribution in [0, 0.1) is 40.6 Å². The minimum Gasteiger partial charge on any atom is -0.491 e. The van der Waals surface area contributed by atoms with Crippen LogP contribution >= 0.6 is 0 Å². The lowest BCUT2D eigenvalue weighted by atomic mass is 10.2. The van der Waals surface area contributed by atoms with Gasteiger partial charge in [-0.1, -0.05) is 12.1 Å². The van der Waals surface area contributed by atoms with Crippen molar-refractivity contribution in [2.45, 2.75) is 6.42 Å². The number of carbonyl (C=O) groups excluding carboxylic acids is 1. The molecule has 0 fully saturated rings. The summed E-state index contributed by atoms with van der Waals surface area (Å²) in [6.45, 7) is 7.22.